The van der Waals surface area contributed by atoms with Gasteiger partial charge in [-0.05, 0) is 42.0 Å². The number of phenols is 1. The van der Waals surface area contributed by atoms with Gasteiger partial charge in [0, 0.05) is 23.3 Å². The van der Waals surface area contributed by atoms with E-state index in [1.165, 1.54) is 24.3 Å². The molecule has 4 aromatic carbocycles. The van der Waals surface area contributed by atoms with Crippen molar-refractivity contribution >= 4 is 21.6 Å². The van der Waals surface area contributed by atoms with E-state index in [-0.39, 0.29) is 23.4 Å². The Morgan fingerprint density at radius 3 is 1.97 bits per heavy atom. The molecule has 0 spiro atoms. The first-order valence-corrected chi connectivity index (χ1v) is 11.4. The van der Waals surface area contributed by atoms with Gasteiger partial charge in [0.15, 0.2) is 17.5 Å². The number of aromatic hydroxyl groups is 1. The summed E-state index contributed by atoms with van der Waals surface area (Å²) in [5.41, 5.74) is -1.76. The number of rotatable bonds is 5. The van der Waals surface area contributed by atoms with Gasteiger partial charge in [0.1, 0.15) is 39.5 Å². The normalized spacial score (nSPS) is 11.8. The molecule has 1 heterocycles. The molecule has 0 atom stereocenters. The van der Waals surface area contributed by atoms with Crippen molar-refractivity contribution < 1.29 is 45.0 Å². The van der Waals surface area contributed by atoms with Crippen molar-refractivity contribution in [1.82, 2.24) is 4.98 Å². The molecule has 0 aliphatic carbocycles. The first kappa shape index (κ1) is 25.5. The fourth-order valence-corrected chi connectivity index (χ4v) is 4.71. The average Bonchev–Trinajstić information content (AvgIpc) is 3.24. The molecule has 0 saturated carbocycles. The van der Waals surface area contributed by atoms with Crippen molar-refractivity contribution in [3.63, 3.8) is 0 Å². The van der Waals surface area contributed by atoms with Crippen LogP contribution in [0.1, 0.15) is 5.56 Å². The molecule has 5 aromatic rings. The third kappa shape index (κ3) is 4.62. The van der Waals surface area contributed by atoms with Crippen LogP contribution in [0.25, 0.3) is 31.9 Å². The first-order chi connectivity index (χ1) is 17.9. The van der Waals surface area contributed by atoms with Crippen LogP contribution in [-0.4, -0.2) is 10.1 Å². The van der Waals surface area contributed by atoms with Crippen LogP contribution in [0.3, 0.4) is 0 Å². The van der Waals surface area contributed by atoms with E-state index in [4.69, 9.17) is 0 Å². The molecule has 0 saturated heterocycles. The van der Waals surface area contributed by atoms with Crippen molar-refractivity contribution in [2.24, 2.45) is 0 Å². The van der Waals surface area contributed by atoms with Gasteiger partial charge < -0.3 is 9.84 Å². The highest BCUT2D eigenvalue weighted by Gasteiger charge is 2.41. The molecule has 12 heteroatoms. The monoisotopic (exact) mass is 553 g/mol. The van der Waals surface area contributed by atoms with Gasteiger partial charge in [0.05, 0.1) is 10.2 Å². The molecule has 5 rings (SSSR count). The largest absolute Gasteiger partial charge is 0.508 e. The second kappa shape index (κ2) is 9.28. The van der Waals surface area contributed by atoms with Gasteiger partial charge in [0.2, 0.25) is 0 Å². The lowest BCUT2D eigenvalue weighted by atomic mass is 10.0. The summed E-state index contributed by atoms with van der Waals surface area (Å²) in [6.45, 7) is 0. The molecule has 0 radical (unpaired) electrons. The van der Waals surface area contributed by atoms with Crippen LogP contribution >= 0.6 is 11.3 Å². The summed E-state index contributed by atoms with van der Waals surface area (Å²) in [7, 11) is 0. The summed E-state index contributed by atoms with van der Waals surface area (Å²) in [6, 6.07) is 9.19. The summed E-state index contributed by atoms with van der Waals surface area (Å²) in [5.74, 6) is -11.4. The molecular formula is C26H11F8NO2S. The smallest absolute Gasteiger partial charge is 0.432 e. The Hall–Kier alpha value is -4.19. The van der Waals surface area contributed by atoms with E-state index in [9.17, 15) is 40.2 Å². The minimum Gasteiger partial charge on any atom is -0.508 e. The Bertz CT molecular complexity index is 1670. The molecule has 0 aliphatic heterocycles. The molecule has 0 aliphatic rings. The molecule has 0 unspecified atom stereocenters. The lowest BCUT2D eigenvalue weighted by molar-refractivity contribution is -0.189. The van der Waals surface area contributed by atoms with Gasteiger partial charge >= 0.3 is 6.11 Å². The number of thiazole rings is 1. The fraction of sp³-hybridized carbons (Fsp3) is 0.0385. The van der Waals surface area contributed by atoms with Crippen molar-refractivity contribution in [2.45, 2.75) is 6.11 Å². The number of fused-ring (bicyclic) bond motifs is 1. The highest BCUT2D eigenvalue weighted by Crippen LogP contribution is 2.39. The van der Waals surface area contributed by atoms with Crippen LogP contribution in [-0.2, 0) is 6.11 Å². The molecule has 1 N–H and O–H groups in total. The van der Waals surface area contributed by atoms with Gasteiger partial charge in [-0.25, -0.2) is 31.3 Å². The molecule has 0 fully saturated rings. The van der Waals surface area contributed by atoms with E-state index < -0.39 is 57.9 Å². The maximum atomic E-state index is 15.0. The van der Waals surface area contributed by atoms with Gasteiger partial charge in [0.25, 0.3) is 0 Å². The van der Waals surface area contributed by atoms with Crippen molar-refractivity contribution in [3.05, 3.63) is 101 Å². The van der Waals surface area contributed by atoms with E-state index in [0.717, 1.165) is 17.4 Å². The number of aromatic nitrogens is 1. The zero-order valence-corrected chi connectivity index (χ0v) is 19.3. The quantitative estimate of drug-likeness (QED) is 0.176. The summed E-state index contributed by atoms with van der Waals surface area (Å²) in [6.07, 6.45) is -4.77. The van der Waals surface area contributed by atoms with E-state index in [0.29, 0.717) is 32.9 Å². The minimum atomic E-state index is -4.77. The predicted octanol–water partition coefficient (Wildman–Crippen LogP) is 8.30. The Morgan fingerprint density at radius 1 is 0.711 bits per heavy atom. The average molecular weight is 553 g/mol. The third-order valence-electron chi connectivity index (χ3n) is 5.44. The van der Waals surface area contributed by atoms with E-state index in [1.54, 1.807) is 6.07 Å². The fourth-order valence-electron chi connectivity index (χ4n) is 3.72. The van der Waals surface area contributed by atoms with Crippen LogP contribution in [0.4, 0.5) is 35.1 Å². The van der Waals surface area contributed by atoms with Crippen LogP contribution in [0, 0.1) is 34.9 Å². The number of nitrogens with zero attached hydrogens (tertiary/aromatic N) is 1. The SMILES string of the molecule is Oc1ccc2nc(-c3ccc(-c4cc(F)c(C(F)(F)Oc5cc(F)c(F)c(F)c5)c(F)c4)c(F)c3)sc2c1. The number of halogens is 8. The topological polar surface area (TPSA) is 42.4 Å². The van der Waals surface area contributed by atoms with Crippen molar-refractivity contribution in [2.75, 3.05) is 0 Å². The highest BCUT2D eigenvalue weighted by atomic mass is 32.1. The van der Waals surface area contributed by atoms with Crippen molar-refractivity contribution in [3.8, 4) is 33.2 Å². The molecule has 0 bridgehead atoms. The lowest BCUT2D eigenvalue weighted by Gasteiger charge is -2.20. The summed E-state index contributed by atoms with van der Waals surface area (Å²) in [4.78, 5) is 4.34. The Morgan fingerprint density at radius 2 is 1.34 bits per heavy atom. The Balaban J connectivity index is 1.47. The van der Waals surface area contributed by atoms with E-state index in [1.807, 2.05) is 0 Å². The number of phenolic OH excluding ortho intramolecular Hbond substituents is 1. The first-order valence-electron chi connectivity index (χ1n) is 10.5. The highest BCUT2D eigenvalue weighted by molar-refractivity contribution is 7.21. The number of hydrogen-bond donors (Lipinski definition) is 1. The standard InChI is InChI=1S/C26H11F8NO2S/c27-16-5-11(25-35-21-4-2-13(36)8-22(21)38-25)1-3-15(16)12-6-17(28)23(18(29)7-12)26(33,34)37-14-9-19(30)24(32)20(31)10-14/h1-10,36H. The summed E-state index contributed by atoms with van der Waals surface area (Å²) >= 11 is 1.16. The van der Waals surface area contributed by atoms with Crippen LogP contribution < -0.4 is 4.74 Å². The van der Waals surface area contributed by atoms with Gasteiger partial charge in [-0.2, -0.15) is 8.78 Å². The number of benzene rings is 4. The van der Waals surface area contributed by atoms with Gasteiger partial charge in [-0.3, -0.25) is 0 Å². The third-order valence-corrected chi connectivity index (χ3v) is 6.50. The van der Waals surface area contributed by atoms with Crippen LogP contribution in [0.2, 0.25) is 0 Å². The maximum Gasteiger partial charge on any atom is 0.432 e. The molecule has 38 heavy (non-hydrogen) atoms. The van der Waals surface area contributed by atoms with E-state index >= 15 is 0 Å². The van der Waals surface area contributed by atoms with Crippen molar-refractivity contribution in [1.29, 1.82) is 0 Å². The second-order valence-electron chi connectivity index (χ2n) is 8.00. The lowest BCUT2D eigenvalue weighted by Crippen LogP contribution is -2.25. The summed E-state index contributed by atoms with van der Waals surface area (Å²) in [5, 5.41) is 9.99. The van der Waals surface area contributed by atoms with Gasteiger partial charge in [-0.15, -0.1) is 11.3 Å². The number of alkyl halides is 2. The Labute approximate surface area is 212 Å². The molecular weight excluding hydrogens is 542 g/mol. The Kier molecular flexibility index (Phi) is 6.22. The number of ether oxygens (including phenoxy) is 1. The molecule has 3 nitrogen and oxygen atoms in total. The summed E-state index contributed by atoms with van der Waals surface area (Å²) < 4.78 is 118. The predicted molar refractivity (Wildman–Crippen MR) is 123 cm³/mol. The molecule has 0 amide bonds. The number of hydrogen-bond acceptors (Lipinski definition) is 4. The maximum absolute atomic E-state index is 15.0. The molecule has 1 aromatic heterocycles. The zero-order valence-electron chi connectivity index (χ0n) is 18.5. The van der Waals surface area contributed by atoms with Gasteiger partial charge in [-0.1, -0.05) is 12.1 Å². The van der Waals surface area contributed by atoms with E-state index in [2.05, 4.69) is 9.72 Å². The minimum absolute atomic E-state index is 0.0229. The second-order valence-corrected chi connectivity index (χ2v) is 9.03. The molecule has 194 valence electrons. The zero-order chi connectivity index (χ0) is 27.4. The van der Waals surface area contributed by atoms with Crippen LogP contribution in [0.15, 0.2) is 60.7 Å². The van der Waals surface area contributed by atoms with Crippen LogP contribution in [0.5, 0.6) is 11.5 Å².